The number of likely N-dealkylation sites (N-methyl/N-ethyl adjacent to an activating group) is 1. The maximum absolute atomic E-state index is 4.47. The first kappa shape index (κ1) is 11.7. The van der Waals surface area contributed by atoms with E-state index < -0.39 is 0 Å². The highest BCUT2D eigenvalue weighted by molar-refractivity contribution is 5.81. The average Bonchev–Trinajstić information content (AvgIpc) is 2.67. The number of rotatable bonds is 2. The summed E-state index contributed by atoms with van der Waals surface area (Å²) in [6, 6.07) is 0. The molecule has 2 aliphatic rings. The quantitative estimate of drug-likeness (QED) is 0.745. The van der Waals surface area contributed by atoms with Crippen molar-refractivity contribution in [3.05, 3.63) is 0 Å². The van der Waals surface area contributed by atoms with Gasteiger partial charge in [-0.15, -0.1) is 0 Å². The summed E-state index contributed by atoms with van der Waals surface area (Å²) in [5.41, 5.74) is 0.443. The van der Waals surface area contributed by atoms with Gasteiger partial charge in [0.05, 0.1) is 6.54 Å². The number of likely N-dealkylation sites (tertiary alicyclic amines) is 1. The second kappa shape index (κ2) is 4.62. The maximum Gasteiger partial charge on any atom is 0.193 e. The number of hydrogen-bond donors (Lipinski definition) is 1. The van der Waals surface area contributed by atoms with Crippen LogP contribution in [0.4, 0.5) is 0 Å². The Morgan fingerprint density at radius 1 is 1.25 bits per heavy atom. The molecule has 1 fully saturated rings. The molecule has 16 heavy (non-hydrogen) atoms. The van der Waals surface area contributed by atoms with Crippen molar-refractivity contribution in [1.29, 1.82) is 0 Å². The molecule has 0 spiro atoms. The van der Waals surface area contributed by atoms with E-state index in [-0.39, 0.29) is 0 Å². The highest BCUT2D eigenvalue weighted by Crippen LogP contribution is 2.29. The summed E-state index contributed by atoms with van der Waals surface area (Å²) >= 11 is 0. The Kier molecular flexibility index (Phi) is 3.38. The van der Waals surface area contributed by atoms with Gasteiger partial charge in [0.25, 0.3) is 0 Å². The Bertz CT molecular complexity index is 266. The van der Waals surface area contributed by atoms with Gasteiger partial charge in [0.15, 0.2) is 5.96 Å². The maximum atomic E-state index is 4.47. The number of piperidine rings is 1. The van der Waals surface area contributed by atoms with E-state index in [0.717, 1.165) is 25.6 Å². The third-order valence-corrected chi connectivity index (χ3v) is 3.93. The van der Waals surface area contributed by atoms with Gasteiger partial charge >= 0.3 is 0 Å². The summed E-state index contributed by atoms with van der Waals surface area (Å²) in [6.07, 6.45) is 2.57. The molecule has 0 aromatic carbocycles. The summed E-state index contributed by atoms with van der Waals surface area (Å²) in [5.74, 6) is 1.08. The van der Waals surface area contributed by atoms with Gasteiger partial charge < -0.3 is 15.1 Å². The molecule has 0 amide bonds. The Morgan fingerprint density at radius 3 is 2.50 bits per heavy atom. The van der Waals surface area contributed by atoms with Crippen LogP contribution >= 0.6 is 0 Å². The topological polar surface area (TPSA) is 30.9 Å². The summed E-state index contributed by atoms with van der Waals surface area (Å²) in [5, 5.41) is 3.51. The molecule has 0 aliphatic carbocycles. The molecule has 2 rings (SSSR count). The van der Waals surface area contributed by atoms with Crippen molar-refractivity contribution >= 4 is 5.96 Å². The smallest absolute Gasteiger partial charge is 0.193 e. The van der Waals surface area contributed by atoms with Crippen LogP contribution in [0.1, 0.15) is 19.8 Å². The summed E-state index contributed by atoms with van der Waals surface area (Å²) < 4.78 is 0. The average molecular weight is 224 g/mol. The summed E-state index contributed by atoms with van der Waals surface area (Å²) in [4.78, 5) is 9.09. The lowest BCUT2D eigenvalue weighted by Gasteiger charge is -2.38. The Hall–Kier alpha value is -0.770. The van der Waals surface area contributed by atoms with E-state index in [0.29, 0.717) is 5.41 Å². The second-order valence-electron chi connectivity index (χ2n) is 5.59. The van der Waals surface area contributed by atoms with E-state index in [1.54, 1.807) is 0 Å². The first-order chi connectivity index (χ1) is 7.59. The van der Waals surface area contributed by atoms with Gasteiger partial charge in [0.2, 0.25) is 0 Å². The number of nitrogens with one attached hydrogen (secondary N) is 1. The van der Waals surface area contributed by atoms with Crippen molar-refractivity contribution in [2.45, 2.75) is 19.8 Å². The number of aliphatic imine (C=N–C) groups is 1. The predicted octanol–water partition coefficient (Wildman–Crippen LogP) is 0.609. The van der Waals surface area contributed by atoms with Crippen LogP contribution in [0.5, 0.6) is 0 Å². The normalized spacial score (nSPS) is 25.7. The zero-order valence-electron chi connectivity index (χ0n) is 10.8. The molecular formula is C12H24N4. The highest BCUT2D eigenvalue weighted by Gasteiger charge is 2.29. The molecule has 0 radical (unpaired) electrons. The number of nitrogens with zero attached hydrogens (tertiary/aromatic N) is 3. The fraction of sp³-hybridized carbons (Fsp3) is 0.917. The monoisotopic (exact) mass is 224 g/mol. The molecule has 0 atom stereocenters. The molecule has 0 bridgehead atoms. The van der Waals surface area contributed by atoms with Crippen LogP contribution in [0.25, 0.3) is 0 Å². The zero-order chi connectivity index (χ0) is 11.6. The van der Waals surface area contributed by atoms with Gasteiger partial charge in [-0.25, -0.2) is 0 Å². The molecule has 0 unspecified atom stereocenters. The number of hydrogen-bond acceptors (Lipinski definition) is 4. The zero-order valence-corrected chi connectivity index (χ0v) is 10.8. The third kappa shape index (κ3) is 2.67. The van der Waals surface area contributed by atoms with Crippen molar-refractivity contribution < 1.29 is 0 Å². The van der Waals surface area contributed by atoms with E-state index in [2.05, 4.69) is 41.1 Å². The minimum absolute atomic E-state index is 0.443. The molecule has 1 N–H and O–H groups in total. The van der Waals surface area contributed by atoms with Gasteiger partial charge in [0, 0.05) is 20.1 Å². The number of guanidine groups is 1. The van der Waals surface area contributed by atoms with Crippen molar-refractivity contribution in [2.75, 3.05) is 46.8 Å². The fourth-order valence-corrected chi connectivity index (χ4v) is 2.35. The van der Waals surface area contributed by atoms with Crippen molar-refractivity contribution in [3.8, 4) is 0 Å². The molecule has 0 saturated carbocycles. The SMILES string of the molecule is CN1CCC(C)(CNC2=NCCN2C)CC1. The third-order valence-electron chi connectivity index (χ3n) is 3.93. The second-order valence-corrected chi connectivity index (χ2v) is 5.59. The van der Waals surface area contributed by atoms with Crippen LogP contribution in [0.15, 0.2) is 4.99 Å². The standard InChI is InChI=1S/C12H24N4/c1-12(4-7-15(2)8-5-12)10-14-11-13-6-9-16(11)3/h4-10H2,1-3H3,(H,13,14). The largest absolute Gasteiger partial charge is 0.356 e. The molecule has 0 aromatic heterocycles. The summed E-state index contributed by atoms with van der Waals surface area (Å²) in [6.45, 7) is 7.90. The molecule has 2 heterocycles. The molecule has 2 aliphatic heterocycles. The van der Waals surface area contributed by atoms with Crippen LogP contribution in [-0.4, -0.2) is 62.6 Å². The first-order valence-electron chi connectivity index (χ1n) is 6.27. The molecule has 4 nitrogen and oxygen atoms in total. The van der Waals surface area contributed by atoms with Crippen molar-refractivity contribution in [3.63, 3.8) is 0 Å². The van der Waals surface area contributed by atoms with Gasteiger partial charge in [0.1, 0.15) is 0 Å². The van der Waals surface area contributed by atoms with Gasteiger partial charge in [-0.2, -0.15) is 0 Å². The minimum atomic E-state index is 0.443. The van der Waals surface area contributed by atoms with Crippen LogP contribution in [0.3, 0.4) is 0 Å². The molecule has 1 saturated heterocycles. The van der Waals surface area contributed by atoms with Crippen LogP contribution in [0.2, 0.25) is 0 Å². The van der Waals surface area contributed by atoms with E-state index in [1.807, 2.05) is 0 Å². The van der Waals surface area contributed by atoms with Crippen LogP contribution < -0.4 is 5.32 Å². The lowest BCUT2D eigenvalue weighted by molar-refractivity contribution is 0.141. The van der Waals surface area contributed by atoms with E-state index in [4.69, 9.17) is 0 Å². The van der Waals surface area contributed by atoms with E-state index >= 15 is 0 Å². The van der Waals surface area contributed by atoms with Gasteiger partial charge in [-0.3, -0.25) is 4.99 Å². The Labute approximate surface area is 98.7 Å². The van der Waals surface area contributed by atoms with Crippen LogP contribution in [0, 0.1) is 5.41 Å². The molecule has 0 aromatic rings. The predicted molar refractivity (Wildman–Crippen MR) is 67.8 cm³/mol. The minimum Gasteiger partial charge on any atom is -0.356 e. The Balaban J connectivity index is 1.81. The Morgan fingerprint density at radius 2 is 1.94 bits per heavy atom. The van der Waals surface area contributed by atoms with Gasteiger partial charge in [-0.05, 0) is 38.4 Å². The van der Waals surface area contributed by atoms with Crippen LogP contribution in [-0.2, 0) is 0 Å². The first-order valence-corrected chi connectivity index (χ1v) is 6.27. The van der Waals surface area contributed by atoms with Crippen molar-refractivity contribution in [2.24, 2.45) is 10.4 Å². The van der Waals surface area contributed by atoms with Gasteiger partial charge in [-0.1, -0.05) is 6.92 Å². The highest BCUT2D eigenvalue weighted by atomic mass is 15.3. The fourth-order valence-electron chi connectivity index (χ4n) is 2.35. The lowest BCUT2D eigenvalue weighted by Crippen LogP contribution is -2.46. The van der Waals surface area contributed by atoms with Crippen molar-refractivity contribution in [1.82, 2.24) is 15.1 Å². The van der Waals surface area contributed by atoms with E-state index in [9.17, 15) is 0 Å². The molecular weight excluding hydrogens is 200 g/mol. The summed E-state index contributed by atoms with van der Waals surface area (Å²) in [7, 11) is 4.32. The molecule has 4 heteroatoms. The molecule has 92 valence electrons. The van der Waals surface area contributed by atoms with E-state index in [1.165, 1.54) is 25.9 Å². The lowest BCUT2D eigenvalue weighted by atomic mass is 9.80.